The Bertz CT molecular complexity index is 712. The van der Waals surface area contributed by atoms with Crippen LogP contribution < -0.4 is 0 Å². The van der Waals surface area contributed by atoms with Crippen molar-refractivity contribution in [3.05, 3.63) is 54.0 Å². The number of benzene rings is 1. The molecule has 112 valence electrons. The lowest BCUT2D eigenvalue weighted by molar-refractivity contribution is 0.188. The number of aliphatic hydroxyl groups is 1. The van der Waals surface area contributed by atoms with Crippen LogP contribution in [0.15, 0.2) is 52.2 Å². The molecular weight excluding hydrogens is 297 g/mol. The van der Waals surface area contributed by atoms with E-state index >= 15 is 0 Å². The molecule has 1 N–H and O–H groups in total. The largest absolute Gasteiger partial charge is 0.452 e. The third-order valence-electron chi connectivity index (χ3n) is 3.55. The maximum Gasteiger partial charge on any atom is 0.277 e. The van der Waals surface area contributed by atoms with Gasteiger partial charge < -0.3 is 9.52 Å². The number of sulfonamides is 1. The summed E-state index contributed by atoms with van der Waals surface area (Å²) in [4.78, 5) is 0. The fraction of sp³-hybridized carbons (Fsp3) is 0.286. The summed E-state index contributed by atoms with van der Waals surface area (Å²) in [6.07, 6.45) is 0.794. The zero-order valence-electron chi connectivity index (χ0n) is 11.0. The maximum atomic E-state index is 13.0. The molecule has 0 saturated carbocycles. The van der Waals surface area contributed by atoms with Crippen molar-refractivity contribution in [1.82, 2.24) is 4.31 Å². The molecule has 1 aliphatic rings. The molecule has 0 bridgehead atoms. The first-order valence-electron chi connectivity index (χ1n) is 6.47. The van der Waals surface area contributed by atoms with Crippen molar-refractivity contribution >= 4 is 10.0 Å². The van der Waals surface area contributed by atoms with Crippen LogP contribution in [0.5, 0.6) is 0 Å². The Kier molecular flexibility index (Phi) is 3.56. The molecule has 0 amide bonds. The highest BCUT2D eigenvalue weighted by atomic mass is 32.2. The Balaban J connectivity index is 1.98. The lowest BCUT2D eigenvalue weighted by Gasteiger charge is -2.22. The van der Waals surface area contributed by atoms with Gasteiger partial charge in [-0.1, -0.05) is 12.1 Å². The summed E-state index contributed by atoms with van der Waals surface area (Å²) < 4.78 is 44.3. The molecule has 21 heavy (non-hydrogen) atoms. The molecule has 0 aliphatic carbocycles. The monoisotopic (exact) mass is 311 g/mol. The van der Waals surface area contributed by atoms with E-state index in [0.29, 0.717) is 5.56 Å². The molecule has 1 saturated heterocycles. The summed E-state index contributed by atoms with van der Waals surface area (Å²) in [6.45, 7) is -0.00885. The minimum Gasteiger partial charge on any atom is -0.452 e. The van der Waals surface area contributed by atoms with Crippen LogP contribution >= 0.6 is 0 Å². The molecule has 1 aromatic heterocycles. The van der Waals surface area contributed by atoms with Crippen LogP contribution in [-0.4, -0.2) is 30.5 Å². The van der Waals surface area contributed by atoms with Gasteiger partial charge in [0.15, 0.2) is 0 Å². The molecule has 2 heterocycles. The van der Waals surface area contributed by atoms with Gasteiger partial charge in [0.25, 0.3) is 10.0 Å². The zero-order chi connectivity index (χ0) is 15.0. The van der Waals surface area contributed by atoms with Crippen molar-refractivity contribution in [2.75, 3.05) is 6.54 Å². The Labute approximate surface area is 121 Å². The average Bonchev–Trinajstić information content (AvgIpc) is 3.09. The van der Waals surface area contributed by atoms with Gasteiger partial charge in [-0.2, -0.15) is 4.31 Å². The van der Waals surface area contributed by atoms with Gasteiger partial charge in [0.1, 0.15) is 5.82 Å². The molecule has 0 radical (unpaired) electrons. The number of hydrogen-bond donors (Lipinski definition) is 1. The van der Waals surface area contributed by atoms with Gasteiger partial charge in [-0.25, -0.2) is 12.8 Å². The first-order chi connectivity index (χ1) is 9.98. The minimum absolute atomic E-state index is 0.00885. The Morgan fingerprint density at radius 2 is 1.95 bits per heavy atom. The summed E-state index contributed by atoms with van der Waals surface area (Å²) in [6, 6.07) is 7.94. The highest BCUT2D eigenvalue weighted by molar-refractivity contribution is 7.89. The van der Waals surface area contributed by atoms with E-state index in [1.165, 1.54) is 47.0 Å². The van der Waals surface area contributed by atoms with Crippen LogP contribution in [0.2, 0.25) is 0 Å². The van der Waals surface area contributed by atoms with Gasteiger partial charge in [-0.15, -0.1) is 0 Å². The number of aliphatic hydroxyl groups excluding tert-OH is 1. The van der Waals surface area contributed by atoms with Gasteiger partial charge in [-0.3, -0.25) is 0 Å². The lowest BCUT2D eigenvalue weighted by atomic mass is 10.0. The molecule has 2 atom stereocenters. The van der Waals surface area contributed by atoms with E-state index < -0.39 is 28.0 Å². The molecule has 1 aromatic carbocycles. The minimum atomic E-state index is -3.82. The van der Waals surface area contributed by atoms with Crippen molar-refractivity contribution in [3.8, 4) is 0 Å². The highest BCUT2D eigenvalue weighted by Crippen LogP contribution is 2.36. The highest BCUT2D eigenvalue weighted by Gasteiger charge is 2.41. The van der Waals surface area contributed by atoms with Crippen LogP contribution in [0.1, 0.15) is 18.0 Å². The summed E-state index contributed by atoms with van der Waals surface area (Å²) in [7, 11) is -3.82. The van der Waals surface area contributed by atoms with Crippen LogP contribution in [0, 0.1) is 5.82 Å². The van der Waals surface area contributed by atoms with Crippen LogP contribution in [0.3, 0.4) is 0 Å². The van der Waals surface area contributed by atoms with E-state index in [2.05, 4.69) is 0 Å². The summed E-state index contributed by atoms with van der Waals surface area (Å²) >= 11 is 0. The van der Waals surface area contributed by atoms with Crippen LogP contribution in [-0.2, 0) is 10.0 Å². The normalized spacial score (nSPS) is 23.5. The van der Waals surface area contributed by atoms with Crippen molar-refractivity contribution in [2.45, 2.75) is 23.7 Å². The molecule has 2 aromatic rings. The van der Waals surface area contributed by atoms with E-state index in [4.69, 9.17) is 4.42 Å². The quantitative estimate of drug-likeness (QED) is 0.940. The van der Waals surface area contributed by atoms with Crippen LogP contribution in [0.4, 0.5) is 4.39 Å². The number of hydrogen-bond acceptors (Lipinski definition) is 4. The fourth-order valence-corrected chi connectivity index (χ4v) is 4.13. The lowest BCUT2D eigenvalue weighted by Crippen LogP contribution is -2.31. The summed E-state index contributed by atoms with van der Waals surface area (Å²) in [5.74, 6) is -0.391. The summed E-state index contributed by atoms with van der Waals surface area (Å²) in [5, 5.41) is 9.67. The number of halogens is 1. The van der Waals surface area contributed by atoms with E-state index in [-0.39, 0.29) is 18.1 Å². The average molecular weight is 311 g/mol. The third kappa shape index (κ3) is 2.59. The van der Waals surface area contributed by atoms with Crippen molar-refractivity contribution in [1.29, 1.82) is 0 Å². The Morgan fingerprint density at radius 3 is 2.57 bits per heavy atom. The Hall–Kier alpha value is -1.70. The van der Waals surface area contributed by atoms with E-state index in [0.717, 1.165) is 0 Å². The first kappa shape index (κ1) is 14.2. The van der Waals surface area contributed by atoms with Gasteiger partial charge in [-0.05, 0) is 36.2 Å². The van der Waals surface area contributed by atoms with Gasteiger partial charge in [0.05, 0.1) is 18.4 Å². The van der Waals surface area contributed by atoms with E-state index in [9.17, 15) is 17.9 Å². The van der Waals surface area contributed by atoms with Crippen molar-refractivity contribution < 1.29 is 22.3 Å². The molecule has 3 rings (SSSR count). The topological polar surface area (TPSA) is 70.8 Å². The number of β-amino-alcohol motifs (C(OH)–C–C–N with tert-alkyl or cyclic N) is 1. The van der Waals surface area contributed by atoms with Crippen molar-refractivity contribution in [3.63, 3.8) is 0 Å². The third-order valence-corrected chi connectivity index (χ3v) is 5.31. The molecular formula is C14H14FNO4S. The van der Waals surface area contributed by atoms with E-state index in [1.54, 1.807) is 0 Å². The SMILES string of the molecule is O=S(=O)(c1ccco1)N1C[C@@H](O)C[C@@H]1c1ccc(F)cc1. The first-order valence-corrected chi connectivity index (χ1v) is 7.91. The molecule has 7 heteroatoms. The number of furan rings is 1. The molecule has 1 fully saturated rings. The van der Waals surface area contributed by atoms with Gasteiger partial charge in [0.2, 0.25) is 5.09 Å². The van der Waals surface area contributed by atoms with Crippen molar-refractivity contribution in [2.24, 2.45) is 0 Å². The molecule has 5 nitrogen and oxygen atoms in total. The predicted octanol–water partition coefficient (Wildman–Crippen LogP) is 1.92. The van der Waals surface area contributed by atoms with Crippen LogP contribution in [0.25, 0.3) is 0 Å². The standard InChI is InChI=1S/C14H14FNO4S/c15-11-5-3-10(4-6-11)13-8-12(17)9-16(13)21(18,19)14-2-1-7-20-14/h1-7,12-13,17H,8-9H2/t12-,13+/m0/s1. The maximum absolute atomic E-state index is 13.0. The smallest absolute Gasteiger partial charge is 0.277 e. The summed E-state index contributed by atoms with van der Waals surface area (Å²) in [5.41, 5.74) is 0.642. The second-order valence-corrected chi connectivity index (χ2v) is 6.79. The van der Waals surface area contributed by atoms with Gasteiger partial charge >= 0.3 is 0 Å². The second-order valence-electron chi connectivity index (χ2n) is 4.96. The van der Waals surface area contributed by atoms with E-state index in [1.807, 2.05) is 0 Å². The van der Waals surface area contributed by atoms with Gasteiger partial charge in [0, 0.05) is 6.54 Å². The molecule has 0 spiro atoms. The second kappa shape index (κ2) is 5.25. The molecule has 1 aliphatic heterocycles. The Morgan fingerprint density at radius 1 is 1.24 bits per heavy atom. The molecule has 0 unspecified atom stereocenters. The fourth-order valence-electron chi connectivity index (χ4n) is 2.56. The number of nitrogens with zero attached hydrogens (tertiary/aromatic N) is 1. The predicted molar refractivity (Wildman–Crippen MR) is 72.4 cm³/mol. The zero-order valence-corrected chi connectivity index (χ0v) is 11.8. The number of rotatable bonds is 3.